The van der Waals surface area contributed by atoms with Gasteiger partial charge in [0, 0.05) is 3.57 Å². The number of hydrogen-bond donors (Lipinski definition) is 1. The highest BCUT2D eigenvalue weighted by molar-refractivity contribution is 14.1. The number of carbonyl (C=O) groups excluding carboxylic acids is 1. The van der Waals surface area contributed by atoms with E-state index in [0.29, 0.717) is 32.6 Å². The summed E-state index contributed by atoms with van der Waals surface area (Å²) in [5.74, 6) is -0.590. The van der Waals surface area contributed by atoms with Crippen LogP contribution in [-0.2, 0) is 6.42 Å². The summed E-state index contributed by atoms with van der Waals surface area (Å²) in [4.78, 5) is 12.3. The molecule has 4 nitrogen and oxygen atoms in total. The number of halogens is 2. The van der Waals surface area contributed by atoms with Crippen molar-refractivity contribution in [2.24, 2.45) is 0 Å². The number of aryl methyl sites for hydroxylation is 2. The van der Waals surface area contributed by atoms with Crippen molar-refractivity contribution in [1.29, 1.82) is 0 Å². The number of carbonyl (C=O) groups is 1. The zero-order valence-corrected chi connectivity index (χ0v) is 13.2. The highest BCUT2D eigenvalue weighted by atomic mass is 127. The van der Waals surface area contributed by atoms with Gasteiger partial charge in [0.25, 0.3) is 5.91 Å². The normalized spacial score (nSPS) is 10.4. The molecule has 0 radical (unpaired) electrons. The van der Waals surface area contributed by atoms with Crippen molar-refractivity contribution >= 4 is 34.2 Å². The van der Waals surface area contributed by atoms with E-state index in [1.165, 1.54) is 12.1 Å². The van der Waals surface area contributed by atoms with Gasteiger partial charge < -0.3 is 5.32 Å². The van der Waals surface area contributed by atoms with Gasteiger partial charge in [-0.1, -0.05) is 6.92 Å². The largest absolute Gasteiger partial charge is 0.321 e. The smallest absolute Gasteiger partial charge is 0.257 e. The molecule has 104 valence electrons. The molecule has 20 heavy (non-hydrogen) atoms. The van der Waals surface area contributed by atoms with E-state index in [9.17, 15) is 9.18 Å². The van der Waals surface area contributed by atoms with Crippen LogP contribution in [-0.4, -0.2) is 16.1 Å². The van der Waals surface area contributed by atoms with Crippen LogP contribution >= 0.6 is 22.6 Å². The van der Waals surface area contributed by atoms with Crippen LogP contribution in [0.1, 0.15) is 28.7 Å². The number of aromatic nitrogens is 2. The van der Waals surface area contributed by atoms with Crippen molar-refractivity contribution in [2.45, 2.75) is 20.3 Å². The van der Waals surface area contributed by atoms with Gasteiger partial charge in [0.1, 0.15) is 5.82 Å². The lowest BCUT2D eigenvalue weighted by Crippen LogP contribution is -2.16. The topological polar surface area (TPSA) is 54.9 Å². The first kappa shape index (κ1) is 14.8. The van der Waals surface area contributed by atoms with Crippen molar-refractivity contribution in [3.8, 4) is 0 Å². The lowest BCUT2D eigenvalue weighted by atomic mass is 10.1. The van der Waals surface area contributed by atoms with Gasteiger partial charge in [-0.3, -0.25) is 4.79 Å². The van der Waals surface area contributed by atoms with Gasteiger partial charge in [-0.25, -0.2) is 4.39 Å². The van der Waals surface area contributed by atoms with Crippen molar-refractivity contribution in [3.63, 3.8) is 0 Å². The second kappa shape index (κ2) is 6.25. The predicted octanol–water partition coefficient (Wildman–Crippen LogP) is 3.34. The Balaban J connectivity index is 2.30. The van der Waals surface area contributed by atoms with Crippen LogP contribution in [0.15, 0.2) is 24.3 Å². The van der Waals surface area contributed by atoms with Crippen LogP contribution in [0, 0.1) is 16.3 Å². The molecule has 2 aromatic rings. The van der Waals surface area contributed by atoms with Crippen LogP contribution in [0.2, 0.25) is 0 Å². The summed E-state index contributed by atoms with van der Waals surface area (Å²) in [6.45, 7) is 3.70. The molecule has 1 heterocycles. The predicted molar refractivity (Wildman–Crippen MR) is 83.2 cm³/mol. The third kappa shape index (κ3) is 3.30. The fraction of sp³-hybridized carbons (Fsp3) is 0.214. The van der Waals surface area contributed by atoms with E-state index in [2.05, 4.69) is 15.5 Å². The van der Waals surface area contributed by atoms with Gasteiger partial charge >= 0.3 is 0 Å². The van der Waals surface area contributed by atoms with Crippen molar-refractivity contribution in [3.05, 3.63) is 50.6 Å². The third-order valence-electron chi connectivity index (χ3n) is 2.75. The molecule has 0 bridgehead atoms. The molecule has 0 saturated heterocycles. The fourth-order valence-corrected chi connectivity index (χ4v) is 2.36. The SMILES string of the molecule is CCc1nnc(C)cc1C(=O)Nc1ccc(F)cc1I. The molecule has 1 amide bonds. The number of nitrogens with one attached hydrogen (secondary N) is 1. The average Bonchev–Trinajstić information content (AvgIpc) is 2.41. The van der Waals surface area contributed by atoms with E-state index in [0.717, 1.165) is 0 Å². The molecule has 0 aliphatic carbocycles. The van der Waals surface area contributed by atoms with Gasteiger partial charge in [0.2, 0.25) is 0 Å². The minimum Gasteiger partial charge on any atom is -0.321 e. The molecule has 0 saturated carbocycles. The van der Waals surface area contributed by atoms with Crippen LogP contribution < -0.4 is 5.32 Å². The maximum Gasteiger partial charge on any atom is 0.257 e. The highest BCUT2D eigenvalue weighted by Gasteiger charge is 2.14. The molecule has 1 aromatic carbocycles. The first-order valence-corrected chi connectivity index (χ1v) is 7.18. The molecular formula is C14H13FIN3O. The second-order valence-corrected chi connectivity index (χ2v) is 5.44. The van der Waals surface area contributed by atoms with Crippen LogP contribution in [0.4, 0.5) is 10.1 Å². The van der Waals surface area contributed by atoms with E-state index < -0.39 is 0 Å². The van der Waals surface area contributed by atoms with E-state index in [1.54, 1.807) is 19.1 Å². The first-order chi connectivity index (χ1) is 9.51. The Morgan fingerprint density at radius 1 is 1.35 bits per heavy atom. The minimum absolute atomic E-state index is 0.260. The summed E-state index contributed by atoms with van der Waals surface area (Å²) in [6.07, 6.45) is 0.622. The molecule has 0 aliphatic rings. The van der Waals surface area contributed by atoms with Gasteiger partial charge in [-0.2, -0.15) is 10.2 Å². The van der Waals surface area contributed by atoms with E-state index in [-0.39, 0.29) is 11.7 Å². The molecule has 1 N–H and O–H groups in total. The summed E-state index contributed by atoms with van der Waals surface area (Å²) in [5.41, 5.74) is 2.40. The highest BCUT2D eigenvalue weighted by Crippen LogP contribution is 2.20. The number of rotatable bonds is 3. The van der Waals surface area contributed by atoms with Crippen molar-refractivity contribution in [1.82, 2.24) is 10.2 Å². The standard InChI is InChI=1S/C14H13FIN3O/c1-3-12-10(6-8(2)18-19-12)14(20)17-13-5-4-9(15)7-11(13)16/h4-7H,3H2,1-2H3,(H,17,20). The van der Waals surface area contributed by atoms with Crippen LogP contribution in [0.25, 0.3) is 0 Å². The molecule has 0 aliphatic heterocycles. The lowest BCUT2D eigenvalue weighted by molar-refractivity contribution is 0.102. The molecule has 1 aromatic heterocycles. The van der Waals surface area contributed by atoms with Crippen LogP contribution in [0.3, 0.4) is 0 Å². The maximum absolute atomic E-state index is 13.0. The zero-order chi connectivity index (χ0) is 14.7. The summed E-state index contributed by atoms with van der Waals surface area (Å²) < 4.78 is 13.7. The number of hydrogen-bond acceptors (Lipinski definition) is 3. The quantitative estimate of drug-likeness (QED) is 0.825. The minimum atomic E-state index is -0.330. The number of anilines is 1. The van der Waals surface area contributed by atoms with E-state index >= 15 is 0 Å². The Bertz CT molecular complexity index is 661. The molecular weight excluding hydrogens is 372 g/mol. The van der Waals surface area contributed by atoms with Crippen molar-refractivity contribution in [2.75, 3.05) is 5.32 Å². The van der Waals surface area contributed by atoms with Gasteiger partial charge in [0.15, 0.2) is 0 Å². The second-order valence-electron chi connectivity index (χ2n) is 4.28. The maximum atomic E-state index is 13.0. The molecule has 0 spiro atoms. The molecule has 0 fully saturated rings. The number of nitrogens with zero attached hydrogens (tertiary/aromatic N) is 2. The molecule has 0 unspecified atom stereocenters. The fourth-order valence-electron chi connectivity index (χ4n) is 1.75. The Morgan fingerprint density at radius 3 is 2.75 bits per heavy atom. The average molecular weight is 385 g/mol. The summed E-state index contributed by atoms with van der Waals surface area (Å²) >= 11 is 1.98. The van der Waals surface area contributed by atoms with E-state index in [4.69, 9.17) is 0 Å². The summed E-state index contributed by atoms with van der Waals surface area (Å²) in [5, 5.41) is 10.7. The molecule has 0 atom stereocenters. The molecule has 2 rings (SSSR count). The first-order valence-electron chi connectivity index (χ1n) is 6.11. The van der Waals surface area contributed by atoms with Gasteiger partial charge in [-0.05, 0) is 60.2 Å². The van der Waals surface area contributed by atoms with Gasteiger partial charge in [0.05, 0.1) is 22.6 Å². The van der Waals surface area contributed by atoms with E-state index in [1.807, 2.05) is 29.5 Å². The zero-order valence-electron chi connectivity index (χ0n) is 11.1. The van der Waals surface area contributed by atoms with Crippen molar-refractivity contribution < 1.29 is 9.18 Å². The Labute approximate surface area is 129 Å². The Morgan fingerprint density at radius 2 is 2.10 bits per heavy atom. The monoisotopic (exact) mass is 385 g/mol. The third-order valence-corrected chi connectivity index (χ3v) is 3.64. The summed E-state index contributed by atoms with van der Waals surface area (Å²) in [7, 11) is 0. The lowest BCUT2D eigenvalue weighted by Gasteiger charge is -2.10. The van der Waals surface area contributed by atoms with Gasteiger partial charge in [-0.15, -0.1) is 0 Å². The van der Waals surface area contributed by atoms with Crippen LogP contribution in [0.5, 0.6) is 0 Å². The molecule has 6 heteroatoms. The Kier molecular flexibility index (Phi) is 4.64. The Hall–Kier alpha value is -1.57. The number of amides is 1. The summed E-state index contributed by atoms with van der Waals surface area (Å²) in [6, 6.07) is 5.93. The number of benzene rings is 1.